The van der Waals surface area contributed by atoms with Crippen molar-refractivity contribution in [2.45, 2.75) is 71.3 Å². The second-order valence-corrected chi connectivity index (χ2v) is 5.51. The molecule has 0 aromatic heterocycles. The van der Waals surface area contributed by atoms with Gasteiger partial charge in [-0.2, -0.15) is 4.89 Å². The molecule has 0 aliphatic carbocycles. The Balaban J connectivity index is 3.60. The standard InChI is InChI=1S/C20H32O3/c1-4-6-7-8-9-10-11-12-13-14-15-16-18-20(17-5-2)23-22-19(3)21/h4,6-11,20H,1,5,12-18H2,2-3H3. The summed E-state index contributed by atoms with van der Waals surface area (Å²) in [7, 11) is 0. The molecule has 130 valence electrons. The molecule has 0 radical (unpaired) electrons. The first-order chi connectivity index (χ1) is 11.2. The third-order valence-corrected chi connectivity index (χ3v) is 3.28. The highest BCUT2D eigenvalue weighted by Gasteiger charge is 2.10. The molecule has 1 unspecified atom stereocenters. The van der Waals surface area contributed by atoms with Crippen LogP contribution >= 0.6 is 0 Å². The van der Waals surface area contributed by atoms with Crippen LogP contribution in [0.5, 0.6) is 0 Å². The van der Waals surface area contributed by atoms with Gasteiger partial charge in [0, 0.05) is 6.92 Å². The minimum Gasteiger partial charge on any atom is -0.298 e. The number of unbranched alkanes of at least 4 members (excludes halogenated alkanes) is 4. The van der Waals surface area contributed by atoms with Crippen LogP contribution in [-0.2, 0) is 14.6 Å². The summed E-state index contributed by atoms with van der Waals surface area (Å²) in [6, 6.07) is 0. The molecule has 0 rings (SSSR count). The van der Waals surface area contributed by atoms with Crippen LogP contribution in [0.1, 0.15) is 65.2 Å². The first kappa shape index (κ1) is 21.4. The summed E-state index contributed by atoms with van der Waals surface area (Å²) in [5.74, 6) is -0.382. The molecule has 3 heteroatoms. The second-order valence-electron chi connectivity index (χ2n) is 5.51. The van der Waals surface area contributed by atoms with Gasteiger partial charge in [0.1, 0.15) is 6.10 Å². The lowest BCUT2D eigenvalue weighted by molar-refractivity contribution is -0.298. The molecule has 0 saturated heterocycles. The lowest BCUT2D eigenvalue weighted by Crippen LogP contribution is -2.15. The summed E-state index contributed by atoms with van der Waals surface area (Å²) in [6.45, 7) is 7.09. The molecular formula is C20H32O3. The van der Waals surface area contributed by atoms with E-state index in [-0.39, 0.29) is 12.1 Å². The van der Waals surface area contributed by atoms with Gasteiger partial charge in [0.2, 0.25) is 0 Å². The number of hydrogen-bond acceptors (Lipinski definition) is 3. The van der Waals surface area contributed by atoms with Crippen LogP contribution in [0, 0.1) is 0 Å². The summed E-state index contributed by atoms with van der Waals surface area (Å²) in [5.41, 5.74) is 0. The van der Waals surface area contributed by atoms with Gasteiger partial charge in [-0.05, 0) is 25.7 Å². The van der Waals surface area contributed by atoms with Crippen molar-refractivity contribution in [1.29, 1.82) is 0 Å². The van der Waals surface area contributed by atoms with Gasteiger partial charge in [0.15, 0.2) is 0 Å². The maximum Gasteiger partial charge on any atom is 0.339 e. The molecule has 0 heterocycles. The molecule has 0 fully saturated rings. The molecule has 3 nitrogen and oxygen atoms in total. The van der Waals surface area contributed by atoms with Crippen LogP contribution in [0.2, 0.25) is 0 Å². The zero-order chi connectivity index (χ0) is 17.2. The molecule has 1 atom stereocenters. The lowest BCUT2D eigenvalue weighted by atomic mass is 10.1. The predicted octanol–water partition coefficient (Wildman–Crippen LogP) is 5.85. The van der Waals surface area contributed by atoms with Crippen LogP contribution in [0.25, 0.3) is 0 Å². The molecule has 0 aliphatic rings. The van der Waals surface area contributed by atoms with Gasteiger partial charge in [-0.25, -0.2) is 4.79 Å². The molecule has 0 N–H and O–H groups in total. The monoisotopic (exact) mass is 320 g/mol. The van der Waals surface area contributed by atoms with Crippen molar-refractivity contribution >= 4 is 5.97 Å². The number of rotatable bonds is 14. The van der Waals surface area contributed by atoms with Gasteiger partial charge in [-0.1, -0.05) is 81.7 Å². The van der Waals surface area contributed by atoms with Gasteiger partial charge >= 0.3 is 5.97 Å². The van der Waals surface area contributed by atoms with Crippen molar-refractivity contribution < 1.29 is 14.6 Å². The van der Waals surface area contributed by atoms with E-state index in [9.17, 15) is 4.79 Å². The highest BCUT2D eigenvalue weighted by Crippen LogP contribution is 2.14. The Kier molecular flexibility index (Phi) is 15.6. The summed E-state index contributed by atoms with van der Waals surface area (Å²) >= 11 is 0. The minimum atomic E-state index is -0.382. The maximum absolute atomic E-state index is 10.8. The van der Waals surface area contributed by atoms with Crippen LogP contribution < -0.4 is 0 Å². The van der Waals surface area contributed by atoms with Gasteiger partial charge in [0.05, 0.1) is 0 Å². The van der Waals surface area contributed by atoms with Crippen molar-refractivity contribution in [3.8, 4) is 0 Å². The fourth-order valence-corrected chi connectivity index (χ4v) is 2.13. The third kappa shape index (κ3) is 16.6. The number of carbonyl (C=O) groups excluding carboxylic acids is 1. The zero-order valence-corrected chi connectivity index (χ0v) is 14.7. The van der Waals surface area contributed by atoms with E-state index < -0.39 is 0 Å². The van der Waals surface area contributed by atoms with Crippen LogP contribution in [-0.4, -0.2) is 12.1 Å². The minimum absolute atomic E-state index is 0.0394. The largest absolute Gasteiger partial charge is 0.339 e. The Bertz CT molecular complexity index is 380. The molecule has 0 spiro atoms. The molecule has 0 amide bonds. The fourth-order valence-electron chi connectivity index (χ4n) is 2.13. The van der Waals surface area contributed by atoms with E-state index in [0.29, 0.717) is 0 Å². The molecule has 0 bridgehead atoms. The number of allylic oxidation sites excluding steroid dienone is 7. The first-order valence-corrected chi connectivity index (χ1v) is 8.65. The summed E-state index contributed by atoms with van der Waals surface area (Å²) in [5, 5.41) is 0. The summed E-state index contributed by atoms with van der Waals surface area (Å²) in [4.78, 5) is 20.6. The predicted molar refractivity (Wildman–Crippen MR) is 96.9 cm³/mol. The first-order valence-electron chi connectivity index (χ1n) is 8.65. The van der Waals surface area contributed by atoms with Gasteiger partial charge in [0.25, 0.3) is 0 Å². The van der Waals surface area contributed by atoms with E-state index in [1.54, 1.807) is 6.08 Å². The highest BCUT2D eigenvalue weighted by molar-refractivity contribution is 5.65. The smallest absolute Gasteiger partial charge is 0.298 e. The zero-order valence-electron chi connectivity index (χ0n) is 14.7. The summed E-state index contributed by atoms with van der Waals surface area (Å²) in [6.07, 6.45) is 22.7. The van der Waals surface area contributed by atoms with E-state index in [1.807, 2.05) is 24.3 Å². The van der Waals surface area contributed by atoms with Gasteiger partial charge in [-0.3, -0.25) is 4.89 Å². The topological polar surface area (TPSA) is 35.5 Å². The van der Waals surface area contributed by atoms with Gasteiger partial charge < -0.3 is 0 Å². The van der Waals surface area contributed by atoms with Gasteiger partial charge in [-0.15, -0.1) is 0 Å². The van der Waals surface area contributed by atoms with Crippen LogP contribution in [0.15, 0.2) is 49.1 Å². The Morgan fingerprint density at radius 3 is 2.39 bits per heavy atom. The van der Waals surface area contributed by atoms with Crippen LogP contribution in [0.4, 0.5) is 0 Å². The maximum atomic E-state index is 10.8. The Labute approximate surface area is 141 Å². The highest BCUT2D eigenvalue weighted by atomic mass is 17.2. The molecule has 0 saturated carbocycles. The van der Waals surface area contributed by atoms with Crippen molar-refractivity contribution in [1.82, 2.24) is 0 Å². The molecule has 23 heavy (non-hydrogen) atoms. The van der Waals surface area contributed by atoms with E-state index in [2.05, 4.69) is 30.5 Å². The quantitative estimate of drug-likeness (QED) is 0.174. The van der Waals surface area contributed by atoms with Crippen molar-refractivity contribution in [3.05, 3.63) is 49.1 Å². The van der Waals surface area contributed by atoms with E-state index in [4.69, 9.17) is 4.89 Å². The summed E-state index contributed by atoms with van der Waals surface area (Å²) < 4.78 is 0. The van der Waals surface area contributed by atoms with E-state index in [1.165, 1.54) is 26.2 Å². The lowest BCUT2D eigenvalue weighted by Gasteiger charge is -2.14. The van der Waals surface area contributed by atoms with E-state index >= 15 is 0 Å². The average Bonchev–Trinajstić information content (AvgIpc) is 2.53. The van der Waals surface area contributed by atoms with Crippen molar-refractivity contribution in [3.63, 3.8) is 0 Å². The normalized spacial score (nSPS) is 13.1. The number of hydrogen-bond donors (Lipinski definition) is 0. The Hall–Kier alpha value is -1.61. The SMILES string of the molecule is C=CC=CC=CC=CCCCCCCC(CCC)OOC(C)=O. The molecular weight excluding hydrogens is 288 g/mol. The van der Waals surface area contributed by atoms with Crippen LogP contribution in [0.3, 0.4) is 0 Å². The number of carbonyl (C=O) groups is 1. The molecule has 0 aromatic rings. The fraction of sp³-hybridized carbons (Fsp3) is 0.550. The average molecular weight is 320 g/mol. The second kappa shape index (κ2) is 16.8. The third-order valence-electron chi connectivity index (χ3n) is 3.28. The molecule has 0 aliphatic heterocycles. The Morgan fingerprint density at radius 2 is 1.70 bits per heavy atom. The van der Waals surface area contributed by atoms with E-state index in [0.717, 1.165) is 32.1 Å². The van der Waals surface area contributed by atoms with Crippen molar-refractivity contribution in [2.24, 2.45) is 0 Å². The Morgan fingerprint density at radius 1 is 1.00 bits per heavy atom. The van der Waals surface area contributed by atoms with Crippen molar-refractivity contribution in [2.75, 3.05) is 0 Å². The molecule has 0 aromatic carbocycles.